The van der Waals surface area contributed by atoms with Crippen LogP contribution in [0.15, 0.2) is 24.3 Å². The normalized spacial score (nSPS) is 15.2. The van der Waals surface area contributed by atoms with Crippen molar-refractivity contribution in [1.29, 1.82) is 0 Å². The molecule has 1 saturated heterocycles. The molecule has 1 nitrogen and oxygen atoms in total. The summed E-state index contributed by atoms with van der Waals surface area (Å²) in [5.41, 5.74) is 2.46. The Morgan fingerprint density at radius 1 is 1.18 bits per heavy atom. The highest BCUT2D eigenvalue weighted by molar-refractivity contribution is 9.09. The van der Waals surface area contributed by atoms with Gasteiger partial charge >= 0.3 is 0 Å². The molecule has 0 N–H and O–H groups in total. The van der Waals surface area contributed by atoms with E-state index >= 15 is 0 Å². The van der Waals surface area contributed by atoms with E-state index in [-0.39, 0.29) is 0 Å². The molecule has 0 radical (unpaired) electrons. The highest BCUT2D eigenvalue weighted by Gasteiger charge is 2.10. The number of anilines is 1. The van der Waals surface area contributed by atoms with Crippen molar-refractivity contribution >= 4 is 21.6 Å². The van der Waals surface area contributed by atoms with Crippen LogP contribution in [0.1, 0.15) is 31.2 Å². The smallest absolute Gasteiger partial charge is 0.0378 e. The van der Waals surface area contributed by atoms with Crippen LogP contribution in [0.25, 0.3) is 0 Å². The van der Waals surface area contributed by atoms with Crippen molar-refractivity contribution in [2.45, 2.75) is 25.7 Å². The summed E-state index contributed by atoms with van der Waals surface area (Å²) in [4.78, 5) is 2.47. The topological polar surface area (TPSA) is 3.24 Å². The summed E-state index contributed by atoms with van der Waals surface area (Å²) < 4.78 is 0. The number of hydrogen-bond donors (Lipinski definition) is 0. The summed E-state index contributed by atoms with van der Waals surface area (Å²) in [6.07, 6.45) is 4.92. The Bertz CT molecular complexity index is 410. The molecular weight excluding hydrogens is 274 g/mol. The first kappa shape index (κ1) is 12.5. The first-order chi connectivity index (χ1) is 8.40. The first-order valence-electron chi connectivity index (χ1n) is 6.30. The van der Waals surface area contributed by atoms with Crippen molar-refractivity contribution in [2.24, 2.45) is 0 Å². The molecule has 1 aromatic rings. The van der Waals surface area contributed by atoms with Crippen LogP contribution in [-0.4, -0.2) is 18.4 Å². The molecule has 0 atom stereocenters. The molecule has 1 aliphatic rings. The lowest BCUT2D eigenvalue weighted by molar-refractivity contribution is 0.578. The summed E-state index contributed by atoms with van der Waals surface area (Å²) in [7, 11) is 0. The predicted octanol–water partition coefficient (Wildman–Crippen LogP) is 3.81. The lowest BCUT2D eigenvalue weighted by Crippen LogP contribution is -2.29. The average Bonchev–Trinajstić information content (AvgIpc) is 2.41. The lowest BCUT2D eigenvalue weighted by Gasteiger charge is -2.28. The number of rotatable bonds is 2. The third kappa shape index (κ3) is 3.78. The maximum atomic E-state index is 3.39. The summed E-state index contributed by atoms with van der Waals surface area (Å²) in [5, 5.41) is 0.950. The predicted molar refractivity (Wildman–Crippen MR) is 77.8 cm³/mol. The molecule has 2 rings (SSSR count). The minimum atomic E-state index is 0.911. The Labute approximate surface area is 112 Å². The Kier molecular flexibility index (Phi) is 4.94. The van der Waals surface area contributed by atoms with E-state index < -0.39 is 0 Å². The zero-order valence-corrected chi connectivity index (χ0v) is 11.7. The van der Waals surface area contributed by atoms with Crippen LogP contribution in [-0.2, 0) is 0 Å². The molecule has 2 heteroatoms. The van der Waals surface area contributed by atoms with Gasteiger partial charge in [0.15, 0.2) is 0 Å². The van der Waals surface area contributed by atoms with Crippen LogP contribution in [0.2, 0.25) is 0 Å². The third-order valence-electron chi connectivity index (χ3n) is 3.02. The van der Waals surface area contributed by atoms with Gasteiger partial charge in [-0.15, -0.1) is 0 Å². The third-order valence-corrected chi connectivity index (χ3v) is 3.42. The fourth-order valence-electron chi connectivity index (χ4n) is 2.14. The van der Waals surface area contributed by atoms with E-state index in [0.29, 0.717) is 0 Å². The molecule has 1 aromatic carbocycles. The standard InChI is InChI=1S/C15H18BrN/c16-10-3-2-7-14-8-6-9-15(13-14)17-11-4-1-5-12-17/h6,8-9,13H,1,3-5,10-12H2. The summed E-state index contributed by atoms with van der Waals surface area (Å²) in [6, 6.07) is 8.62. The van der Waals surface area contributed by atoms with Crippen molar-refractivity contribution in [1.82, 2.24) is 0 Å². The second-order valence-corrected chi connectivity index (χ2v) is 5.13. The molecular formula is C15H18BrN. The largest absolute Gasteiger partial charge is 0.372 e. The molecule has 90 valence electrons. The first-order valence-corrected chi connectivity index (χ1v) is 7.42. The summed E-state index contributed by atoms with van der Waals surface area (Å²) in [6.45, 7) is 2.39. The molecule has 0 saturated carbocycles. The SMILES string of the molecule is BrCCC#Cc1cccc(N2CCCCC2)c1. The number of nitrogens with zero attached hydrogens (tertiary/aromatic N) is 1. The van der Waals surface area contributed by atoms with Gasteiger partial charge in [-0.05, 0) is 37.5 Å². The van der Waals surface area contributed by atoms with Gasteiger partial charge in [0.2, 0.25) is 0 Å². The minimum absolute atomic E-state index is 0.911. The number of alkyl halides is 1. The number of hydrogen-bond acceptors (Lipinski definition) is 1. The van der Waals surface area contributed by atoms with Gasteiger partial charge in [0.05, 0.1) is 0 Å². The Hall–Kier alpha value is -0.940. The molecule has 0 bridgehead atoms. The molecule has 1 heterocycles. The van der Waals surface area contributed by atoms with Crippen molar-refractivity contribution in [3.05, 3.63) is 29.8 Å². The quantitative estimate of drug-likeness (QED) is 0.592. The molecule has 1 fully saturated rings. The molecule has 17 heavy (non-hydrogen) atoms. The van der Waals surface area contributed by atoms with Crippen LogP contribution < -0.4 is 4.90 Å². The van der Waals surface area contributed by atoms with E-state index in [0.717, 1.165) is 17.3 Å². The Morgan fingerprint density at radius 3 is 2.76 bits per heavy atom. The second-order valence-electron chi connectivity index (χ2n) is 4.34. The molecule has 0 aliphatic carbocycles. The van der Waals surface area contributed by atoms with Crippen molar-refractivity contribution in [2.75, 3.05) is 23.3 Å². The van der Waals surface area contributed by atoms with Crippen LogP contribution in [0, 0.1) is 11.8 Å². The van der Waals surface area contributed by atoms with Gasteiger partial charge in [0.25, 0.3) is 0 Å². The van der Waals surface area contributed by atoms with Crippen molar-refractivity contribution in [3.63, 3.8) is 0 Å². The maximum Gasteiger partial charge on any atom is 0.0378 e. The average molecular weight is 292 g/mol. The molecule has 0 unspecified atom stereocenters. The number of benzene rings is 1. The molecule has 1 aliphatic heterocycles. The van der Waals surface area contributed by atoms with Gasteiger partial charge in [-0.25, -0.2) is 0 Å². The monoisotopic (exact) mass is 291 g/mol. The summed E-state index contributed by atoms with van der Waals surface area (Å²) >= 11 is 3.39. The van der Waals surface area contributed by atoms with Crippen LogP contribution in [0.5, 0.6) is 0 Å². The molecule has 0 aromatic heterocycles. The van der Waals surface area contributed by atoms with Gasteiger partial charge in [-0.2, -0.15) is 0 Å². The van der Waals surface area contributed by atoms with E-state index in [1.807, 2.05) is 0 Å². The van der Waals surface area contributed by atoms with Gasteiger partial charge in [-0.1, -0.05) is 33.8 Å². The van der Waals surface area contributed by atoms with Crippen molar-refractivity contribution < 1.29 is 0 Å². The van der Waals surface area contributed by atoms with E-state index in [1.165, 1.54) is 38.0 Å². The van der Waals surface area contributed by atoms with Crippen molar-refractivity contribution in [3.8, 4) is 11.8 Å². The van der Waals surface area contributed by atoms with Gasteiger partial charge < -0.3 is 4.90 Å². The van der Waals surface area contributed by atoms with E-state index in [1.54, 1.807) is 0 Å². The molecule has 0 amide bonds. The Balaban J connectivity index is 2.08. The zero-order chi connectivity index (χ0) is 11.9. The Morgan fingerprint density at radius 2 is 2.00 bits per heavy atom. The van der Waals surface area contributed by atoms with E-state index in [2.05, 4.69) is 56.9 Å². The van der Waals surface area contributed by atoms with E-state index in [4.69, 9.17) is 0 Å². The molecule has 0 spiro atoms. The van der Waals surface area contributed by atoms with Crippen LogP contribution in [0.4, 0.5) is 5.69 Å². The lowest BCUT2D eigenvalue weighted by atomic mass is 10.1. The minimum Gasteiger partial charge on any atom is -0.372 e. The van der Waals surface area contributed by atoms with Gasteiger partial charge in [-0.3, -0.25) is 0 Å². The van der Waals surface area contributed by atoms with Gasteiger partial charge in [0.1, 0.15) is 0 Å². The number of halogens is 1. The second kappa shape index (κ2) is 6.71. The van der Waals surface area contributed by atoms with E-state index in [9.17, 15) is 0 Å². The highest BCUT2D eigenvalue weighted by Crippen LogP contribution is 2.20. The summed E-state index contributed by atoms with van der Waals surface area (Å²) in [5.74, 6) is 6.38. The fourth-order valence-corrected chi connectivity index (χ4v) is 2.34. The highest BCUT2D eigenvalue weighted by atomic mass is 79.9. The van der Waals surface area contributed by atoms with Crippen LogP contribution in [0.3, 0.4) is 0 Å². The number of piperidine rings is 1. The van der Waals surface area contributed by atoms with Gasteiger partial charge in [0, 0.05) is 36.1 Å². The zero-order valence-electron chi connectivity index (χ0n) is 10.1. The maximum absolute atomic E-state index is 3.39. The fraction of sp³-hybridized carbons (Fsp3) is 0.467. The van der Waals surface area contributed by atoms with Crippen LogP contribution >= 0.6 is 15.9 Å².